The summed E-state index contributed by atoms with van der Waals surface area (Å²) >= 11 is 0. The van der Waals surface area contributed by atoms with Crippen molar-refractivity contribution in [2.75, 3.05) is 13.9 Å². The number of ether oxygens (including phenoxy) is 5. The second kappa shape index (κ2) is 16.0. The van der Waals surface area contributed by atoms with Crippen molar-refractivity contribution < 1.29 is 38.1 Å². The molecule has 1 aliphatic rings. The first kappa shape index (κ1) is 32.7. The van der Waals surface area contributed by atoms with Crippen LogP contribution in [-0.2, 0) is 19.1 Å². The van der Waals surface area contributed by atoms with Crippen LogP contribution in [-0.4, -0.2) is 55.0 Å². The summed E-state index contributed by atoms with van der Waals surface area (Å²) in [5, 5.41) is 2.78. The maximum absolute atomic E-state index is 13.4. The SMILES string of the molecule is COc1ccnc(C(=O)N[C@H]2CCC[C@H](CCC(C)C)[C@@H](Oc3ccccc3)[C@H](C)OC2=O)c1OCOC(=O)C(C)C. The first-order chi connectivity index (χ1) is 20.1. The normalized spacial score (nSPS) is 21.0. The zero-order valence-corrected chi connectivity index (χ0v) is 25.5. The molecule has 1 aliphatic heterocycles. The summed E-state index contributed by atoms with van der Waals surface area (Å²) < 4.78 is 28.4. The molecule has 1 aromatic heterocycles. The van der Waals surface area contributed by atoms with E-state index in [1.807, 2.05) is 37.3 Å². The van der Waals surface area contributed by atoms with Gasteiger partial charge in [-0.3, -0.25) is 9.59 Å². The number of esters is 2. The van der Waals surface area contributed by atoms with Crippen molar-refractivity contribution in [2.45, 2.75) is 85.0 Å². The van der Waals surface area contributed by atoms with Crippen LogP contribution in [0.25, 0.3) is 0 Å². The second-order valence-corrected chi connectivity index (χ2v) is 11.3. The predicted molar refractivity (Wildman–Crippen MR) is 156 cm³/mol. The van der Waals surface area contributed by atoms with E-state index in [1.165, 1.54) is 19.4 Å². The third-order valence-electron chi connectivity index (χ3n) is 7.20. The fourth-order valence-corrected chi connectivity index (χ4v) is 4.85. The van der Waals surface area contributed by atoms with Crippen LogP contribution >= 0.6 is 0 Å². The number of carbonyl (C=O) groups excluding carboxylic acids is 3. The molecule has 42 heavy (non-hydrogen) atoms. The van der Waals surface area contributed by atoms with Gasteiger partial charge in [-0.25, -0.2) is 9.78 Å². The zero-order valence-electron chi connectivity index (χ0n) is 25.5. The number of carbonyl (C=O) groups is 3. The van der Waals surface area contributed by atoms with E-state index in [0.717, 1.165) is 25.0 Å². The molecule has 4 atom stereocenters. The summed E-state index contributed by atoms with van der Waals surface area (Å²) in [7, 11) is 1.42. The Hall–Kier alpha value is -3.82. The fourth-order valence-electron chi connectivity index (χ4n) is 4.85. The Morgan fingerprint density at radius 2 is 1.83 bits per heavy atom. The standard InChI is InChI=1S/C32H44N2O8/c1-20(2)15-16-23-11-10-14-25(32(37)41-22(5)28(23)42-24-12-8-7-9-13-24)34-30(35)27-29(26(38-6)17-18-33-27)39-19-40-31(36)21(3)4/h7-9,12-13,17-18,20-23,25,28H,10-11,14-16,19H2,1-6H3,(H,34,35)/t22-,23+,25-,28-/m0/s1. The number of rotatable bonds is 12. The largest absolute Gasteiger partial charge is 0.493 e. The summed E-state index contributed by atoms with van der Waals surface area (Å²) in [5.74, 6) is -0.322. The number of aromatic nitrogens is 1. The van der Waals surface area contributed by atoms with Crippen LogP contribution in [0, 0.1) is 17.8 Å². The van der Waals surface area contributed by atoms with E-state index in [-0.39, 0.29) is 35.1 Å². The molecule has 2 aromatic rings. The molecule has 0 saturated carbocycles. The van der Waals surface area contributed by atoms with Gasteiger partial charge in [0.1, 0.15) is 24.0 Å². The lowest BCUT2D eigenvalue weighted by Gasteiger charge is -2.32. The lowest BCUT2D eigenvalue weighted by Crippen LogP contribution is -2.45. The first-order valence-corrected chi connectivity index (χ1v) is 14.7. The summed E-state index contributed by atoms with van der Waals surface area (Å²) in [4.78, 5) is 42.8. The topological polar surface area (TPSA) is 122 Å². The van der Waals surface area contributed by atoms with E-state index in [4.69, 9.17) is 23.7 Å². The van der Waals surface area contributed by atoms with Gasteiger partial charge in [0.15, 0.2) is 17.2 Å². The van der Waals surface area contributed by atoms with Gasteiger partial charge in [0.25, 0.3) is 5.91 Å². The van der Waals surface area contributed by atoms with Gasteiger partial charge in [0, 0.05) is 12.3 Å². The van der Waals surface area contributed by atoms with E-state index in [0.29, 0.717) is 18.8 Å². The molecule has 10 nitrogen and oxygen atoms in total. The number of cyclic esters (lactones) is 1. The number of para-hydroxylation sites is 1. The number of amides is 1. The zero-order chi connectivity index (χ0) is 30.6. The van der Waals surface area contributed by atoms with Crippen LogP contribution in [0.15, 0.2) is 42.6 Å². The Balaban J connectivity index is 1.77. The first-order valence-electron chi connectivity index (χ1n) is 14.7. The van der Waals surface area contributed by atoms with Crippen molar-refractivity contribution in [1.29, 1.82) is 0 Å². The molecule has 0 radical (unpaired) electrons. The number of hydrogen-bond donors (Lipinski definition) is 1. The van der Waals surface area contributed by atoms with Crippen LogP contribution in [0.2, 0.25) is 0 Å². The Labute approximate surface area is 248 Å². The van der Waals surface area contributed by atoms with Crippen LogP contribution in [0.3, 0.4) is 0 Å². The molecule has 1 aromatic carbocycles. The van der Waals surface area contributed by atoms with Crippen LogP contribution < -0.4 is 19.5 Å². The quantitative estimate of drug-likeness (QED) is 0.260. The fraction of sp³-hybridized carbons (Fsp3) is 0.562. The van der Waals surface area contributed by atoms with Gasteiger partial charge in [0.05, 0.1) is 13.0 Å². The number of hydrogen-bond acceptors (Lipinski definition) is 9. The van der Waals surface area contributed by atoms with Gasteiger partial charge in [-0.1, -0.05) is 58.7 Å². The lowest BCUT2D eigenvalue weighted by molar-refractivity contribution is -0.156. The minimum atomic E-state index is -0.902. The number of nitrogens with zero attached hydrogens (tertiary/aromatic N) is 1. The highest BCUT2D eigenvalue weighted by Crippen LogP contribution is 2.32. The predicted octanol–water partition coefficient (Wildman–Crippen LogP) is 5.34. The van der Waals surface area contributed by atoms with Crippen LogP contribution in [0.1, 0.15) is 77.2 Å². The number of pyridine rings is 1. The molecule has 0 spiro atoms. The molecule has 10 heteroatoms. The van der Waals surface area contributed by atoms with Gasteiger partial charge in [-0.15, -0.1) is 0 Å². The second-order valence-electron chi connectivity index (χ2n) is 11.3. The smallest absolute Gasteiger partial charge is 0.329 e. The van der Waals surface area contributed by atoms with E-state index in [2.05, 4.69) is 24.1 Å². The molecule has 3 rings (SSSR count). The number of benzene rings is 1. The van der Waals surface area contributed by atoms with Crippen molar-refractivity contribution >= 4 is 17.8 Å². The monoisotopic (exact) mass is 584 g/mol. The molecule has 1 N–H and O–H groups in total. The average molecular weight is 585 g/mol. The van der Waals surface area contributed by atoms with Crippen molar-refractivity contribution in [1.82, 2.24) is 10.3 Å². The molecule has 1 saturated heterocycles. The highest BCUT2D eigenvalue weighted by molar-refractivity contribution is 5.98. The van der Waals surface area contributed by atoms with Gasteiger partial charge in [-0.05, 0) is 50.2 Å². The van der Waals surface area contributed by atoms with Crippen molar-refractivity contribution in [3.8, 4) is 17.2 Å². The lowest BCUT2D eigenvalue weighted by atomic mass is 9.86. The van der Waals surface area contributed by atoms with Gasteiger partial charge in [-0.2, -0.15) is 0 Å². The maximum Gasteiger partial charge on any atom is 0.329 e. The summed E-state index contributed by atoms with van der Waals surface area (Å²) in [6.07, 6.45) is 4.36. The molecule has 230 valence electrons. The van der Waals surface area contributed by atoms with Gasteiger partial charge < -0.3 is 29.0 Å². The molecule has 0 aliphatic carbocycles. The Morgan fingerprint density at radius 1 is 1.10 bits per heavy atom. The summed E-state index contributed by atoms with van der Waals surface area (Å²) in [5.41, 5.74) is -0.101. The minimum Gasteiger partial charge on any atom is -0.493 e. The molecular formula is C32H44N2O8. The van der Waals surface area contributed by atoms with Crippen molar-refractivity contribution in [3.63, 3.8) is 0 Å². The average Bonchev–Trinajstić information content (AvgIpc) is 3.01. The molecule has 1 fully saturated rings. The number of nitrogens with one attached hydrogen (secondary N) is 1. The highest BCUT2D eigenvalue weighted by Gasteiger charge is 2.36. The highest BCUT2D eigenvalue weighted by atomic mass is 16.7. The molecule has 0 bridgehead atoms. The van der Waals surface area contributed by atoms with E-state index < -0.39 is 36.8 Å². The molecular weight excluding hydrogens is 540 g/mol. The third kappa shape index (κ3) is 9.36. The van der Waals surface area contributed by atoms with E-state index in [1.54, 1.807) is 13.8 Å². The van der Waals surface area contributed by atoms with Gasteiger partial charge >= 0.3 is 11.9 Å². The summed E-state index contributed by atoms with van der Waals surface area (Å²) in [6, 6.07) is 10.2. The Bertz CT molecular complexity index is 1170. The van der Waals surface area contributed by atoms with Crippen molar-refractivity contribution in [3.05, 3.63) is 48.3 Å². The van der Waals surface area contributed by atoms with Gasteiger partial charge in [0.2, 0.25) is 6.79 Å². The maximum atomic E-state index is 13.4. The van der Waals surface area contributed by atoms with E-state index in [9.17, 15) is 14.4 Å². The summed E-state index contributed by atoms with van der Waals surface area (Å²) in [6.45, 7) is 9.19. The van der Waals surface area contributed by atoms with E-state index >= 15 is 0 Å². The molecule has 2 heterocycles. The molecule has 0 unspecified atom stereocenters. The van der Waals surface area contributed by atoms with Crippen molar-refractivity contribution in [2.24, 2.45) is 17.8 Å². The Morgan fingerprint density at radius 3 is 2.50 bits per heavy atom. The minimum absolute atomic E-state index is 0.00364. The third-order valence-corrected chi connectivity index (χ3v) is 7.20. The van der Waals surface area contributed by atoms with Crippen LogP contribution in [0.5, 0.6) is 17.2 Å². The van der Waals surface area contributed by atoms with Crippen LogP contribution in [0.4, 0.5) is 0 Å². The molecule has 1 amide bonds. The number of methoxy groups -OCH3 is 1. The Kier molecular flexibility index (Phi) is 12.4.